The van der Waals surface area contributed by atoms with Crippen LogP contribution in [0.15, 0.2) is 11.6 Å². The van der Waals surface area contributed by atoms with Crippen molar-refractivity contribution < 1.29 is 128 Å². The van der Waals surface area contributed by atoms with Crippen LogP contribution < -0.4 is 0 Å². The zero-order valence-corrected chi connectivity index (χ0v) is 49.2. The van der Waals surface area contributed by atoms with Gasteiger partial charge in [-0.3, -0.25) is 0 Å². The summed E-state index contributed by atoms with van der Waals surface area (Å²) in [5.41, 5.74) is -0.980. The smallest absolute Gasteiger partial charge is 0.187 e. The molecule has 7 saturated heterocycles. The average Bonchev–Trinajstić information content (AvgIpc) is 1.44. The molecule has 0 amide bonds. The van der Waals surface area contributed by atoms with Crippen LogP contribution in [-0.4, -0.2) is 269 Å². The van der Waals surface area contributed by atoms with Gasteiger partial charge in [-0.15, -0.1) is 0 Å². The third-order valence-electron chi connectivity index (χ3n) is 22.5. The zero-order chi connectivity index (χ0) is 60.7. The summed E-state index contributed by atoms with van der Waals surface area (Å²) in [4.78, 5) is 0. The van der Waals surface area contributed by atoms with E-state index in [4.69, 9.17) is 56.8 Å². The fourth-order valence-corrected chi connectivity index (χ4v) is 18.3. The van der Waals surface area contributed by atoms with Crippen molar-refractivity contribution in [1.29, 1.82) is 0 Å². The Bertz CT molecular complexity index is 2330. The number of hydrogen-bond acceptors (Lipinski definition) is 26. The molecule has 0 aromatic carbocycles. The van der Waals surface area contributed by atoms with Gasteiger partial charge in [0, 0.05) is 24.2 Å². The summed E-state index contributed by atoms with van der Waals surface area (Å²) in [6.07, 6.45) is -31.8. The third-order valence-corrected chi connectivity index (χ3v) is 22.5. The Kier molecular flexibility index (Phi) is 17.9. The molecule has 34 atom stereocenters. The van der Waals surface area contributed by atoms with Crippen LogP contribution >= 0.6 is 0 Å². The molecule has 11 rings (SSSR count). The highest BCUT2D eigenvalue weighted by atomic mass is 16.8. The lowest BCUT2D eigenvalue weighted by atomic mass is 9.35. The van der Waals surface area contributed by atoms with Crippen molar-refractivity contribution in [2.24, 2.45) is 45.3 Å². The van der Waals surface area contributed by atoms with Crippen molar-refractivity contribution in [2.75, 3.05) is 33.0 Å². The van der Waals surface area contributed by atoms with Crippen LogP contribution in [0.3, 0.4) is 0 Å². The summed E-state index contributed by atoms with van der Waals surface area (Å²) in [6, 6.07) is 0. The van der Waals surface area contributed by atoms with Gasteiger partial charge in [0.25, 0.3) is 0 Å². The van der Waals surface area contributed by atoms with Gasteiger partial charge < -0.3 is 128 Å². The molecule has 14 N–H and O–H groups in total. The summed E-state index contributed by atoms with van der Waals surface area (Å²) in [7, 11) is 0. The van der Waals surface area contributed by atoms with Crippen molar-refractivity contribution in [1.82, 2.24) is 0 Å². The highest BCUT2D eigenvalue weighted by Gasteiger charge is 2.81. The number of rotatable bonds is 13. The number of aliphatic hydroxyl groups excluding tert-OH is 13. The van der Waals surface area contributed by atoms with E-state index < -0.39 is 191 Å². The first kappa shape index (κ1) is 64.2. The normalized spacial score (nSPS) is 57.1. The largest absolute Gasteiger partial charge is 0.394 e. The highest BCUT2D eigenvalue weighted by Crippen LogP contribution is 2.80. The predicted octanol–water partition coefficient (Wildman–Crippen LogP) is -2.72. The van der Waals surface area contributed by atoms with E-state index in [1.807, 2.05) is 20.8 Å². The lowest BCUT2D eigenvalue weighted by Crippen LogP contribution is -2.68. The Hall–Kier alpha value is -1.30. The van der Waals surface area contributed by atoms with E-state index in [2.05, 4.69) is 33.8 Å². The first-order chi connectivity index (χ1) is 39.4. The maximum atomic E-state index is 12.3. The molecule has 26 nitrogen and oxygen atoms in total. The van der Waals surface area contributed by atoms with Crippen molar-refractivity contribution >= 4 is 0 Å². The Morgan fingerprint density at radius 1 is 0.583 bits per heavy atom. The number of hydrogen-bond donors (Lipinski definition) is 14. The topological polar surface area (TPSA) is 394 Å². The van der Waals surface area contributed by atoms with E-state index in [1.54, 1.807) is 0 Å². The van der Waals surface area contributed by atoms with E-state index in [9.17, 15) is 71.5 Å². The van der Waals surface area contributed by atoms with Crippen LogP contribution in [0.25, 0.3) is 0 Å². The second kappa shape index (κ2) is 23.4. The summed E-state index contributed by atoms with van der Waals surface area (Å²) < 4.78 is 75.5. The maximum absolute atomic E-state index is 12.3. The Morgan fingerprint density at radius 2 is 1.21 bits per heavy atom. The molecule has 11 aliphatic rings. The van der Waals surface area contributed by atoms with Gasteiger partial charge in [0.2, 0.25) is 0 Å². The fraction of sp³-hybridized carbons (Fsp3) is 0.966. The average molecular weight is 1210 g/mol. The Morgan fingerprint density at radius 3 is 1.93 bits per heavy atom. The SMILES string of the molecule is CC(C)=C[C@H]1C[C@@](C)(O)[C@H]2[C@@H]3CC[C@H]4[C@]5(C)CC[C@@H](O[C@H]6OC[C@@H](O)[C@@H](O[C@H]7O[C@@H](CO[C@H]8O[C@@H](CO)[C@H](O)[C@@H](O)[C@@H]8O)[C@H](O)[C@@H](O)[C@@H]7O[C@H]7OC[C@H](O)[C@@H](O)[C@@H]7O)[C@@H]6O[C@H]6O[C@H](C)[C@@H](O)[C@H](O)[C@@H]6O)C(C)(C)[C@H]5CC[C@]4(C)[C@]34CO[C@]2(C4)O1. The molecule has 26 heteroatoms. The molecule has 4 aliphatic carbocycles. The van der Waals surface area contributed by atoms with Crippen LogP contribution in [-0.2, 0) is 56.8 Å². The predicted molar refractivity (Wildman–Crippen MR) is 283 cm³/mol. The van der Waals surface area contributed by atoms with Crippen molar-refractivity contribution in [3.63, 3.8) is 0 Å². The lowest BCUT2D eigenvalue weighted by Gasteiger charge is -2.70. The summed E-state index contributed by atoms with van der Waals surface area (Å²) in [6.45, 7) is 14.8. The number of aliphatic hydroxyl groups is 14. The van der Waals surface area contributed by atoms with Gasteiger partial charge in [-0.25, -0.2) is 0 Å². The van der Waals surface area contributed by atoms with Crippen molar-refractivity contribution in [3.05, 3.63) is 11.6 Å². The summed E-state index contributed by atoms with van der Waals surface area (Å²) >= 11 is 0. The van der Waals surface area contributed by atoms with Gasteiger partial charge in [0.1, 0.15) is 104 Å². The fourth-order valence-electron chi connectivity index (χ4n) is 18.3. The Labute approximate surface area is 488 Å². The van der Waals surface area contributed by atoms with E-state index in [0.29, 0.717) is 19.4 Å². The van der Waals surface area contributed by atoms with Crippen molar-refractivity contribution in [2.45, 2.75) is 272 Å². The van der Waals surface area contributed by atoms with Gasteiger partial charge >= 0.3 is 0 Å². The third kappa shape index (κ3) is 10.5. The monoisotopic (exact) mass is 1210 g/mol. The second-order valence-corrected chi connectivity index (χ2v) is 28.2. The summed E-state index contributed by atoms with van der Waals surface area (Å²) in [5.74, 6) is -0.440. The van der Waals surface area contributed by atoms with Gasteiger partial charge in [0.15, 0.2) is 37.2 Å². The van der Waals surface area contributed by atoms with E-state index >= 15 is 0 Å². The molecule has 0 aromatic heterocycles. The molecule has 4 saturated carbocycles. The van der Waals surface area contributed by atoms with Crippen LogP contribution in [0.2, 0.25) is 0 Å². The molecule has 2 bridgehead atoms. The number of allylic oxidation sites excluding steroid dienone is 1. The first-order valence-electron chi connectivity index (χ1n) is 30.3. The second-order valence-electron chi connectivity index (χ2n) is 28.2. The molecule has 0 aromatic rings. The molecular weight excluding hydrogens is 1110 g/mol. The molecular formula is C58H94O26. The number of fused-ring (bicyclic) bond motifs is 4. The van der Waals surface area contributed by atoms with Gasteiger partial charge in [-0.2, -0.15) is 0 Å². The highest BCUT2D eigenvalue weighted by molar-refractivity contribution is 5.27. The van der Waals surface area contributed by atoms with Crippen LogP contribution in [0.1, 0.15) is 107 Å². The molecule has 11 fully saturated rings. The van der Waals surface area contributed by atoms with E-state index in [0.717, 1.165) is 44.1 Å². The lowest BCUT2D eigenvalue weighted by molar-refractivity contribution is -0.401. The molecule has 482 valence electrons. The zero-order valence-electron chi connectivity index (χ0n) is 49.2. The first-order valence-corrected chi connectivity index (χ1v) is 30.3. The minimum Gasteiger partial charge on any atom is -0.394 e. The molecule has 84 heavy (non-hydrogen) atoms. The number of ether oxygens (including phenoxy) is 12. The molecule has 0 radical (unpaired) electrons. The minimum absolute atomic E-state index is 0.110. The van der Waals surface area contributed by atoms with E-state index in [1.165, 1.54) is 6.92 Å². The molecule has 2 spiro atoms. The van der Waals surface area contributed by atoms with Crippen LogP contribution in [0, 0.1) is 45.3 Å². The quantitative estimate of drug-likeness (QED) is 0.0658. The van der Waals surface area contributed by atoms with Crippen LogP contribution in [0.5, 0.6) is 0 Å². The summed E-state index contributed by atoms with van der Waals surface area (Å²) in [5, 5.41) is 154. The van der Waals surface area contributed by atoms with E-state index in [-0.39, 0.29) is 46.0 Å². The molecule has 0 unspecified atom stereocenters. The van der Waals surface area contributed by atoms with Gasteiger partial charge in [0.05, 0.1) is 56.9 Å². The Balaban J connectivity index is 0.870. The van der Waals surface area contributed by atoms with Gasteiger partial charge in [-0.05, 0) is 100 Å². The van der Waals surface area contributed by atoms with Crippen molar-refractivity contribution in [3.8, 4) is 0 Å². The van der Waals surface area contributed by atoms with Crippen LogP contribution in [0.4, 0.5) is 0 Å². The standard InChI is InChI=1S/C58H94O26/c1-23(2)15-25-16-56(8,72)47-26-9-10-32-54(6)13-12-33(53(4,5)31(54)11-14-55(32,7)57(26)21-58(47,84-25)76-22-57)80-51-46(83-50-43(71)38(66)34(62)24(3)77-50)44(28(61)19-74-51)81-52-45(82-49-41(69)35(63)27(60)18-73-49)40(68)37(65)30(79-52)20-75-48-42(70)39(67)36(64)29(17-59)78-48/h15,24-52,59-72H,9-14,16-22H2,1-8H3/t24-,25+,26+,27+,28-,29+,30+,31-,32+,33-,34-,35-,36+,37+,38+,39-,40-,41+,42+,43+,44-,45+,46+,47-,48+,49-,50-,51-,52-,54-,55+,56-,57-,58-/m1/s1. The molecule has 7 aliphatic heterocycles. The minimum atomic E-state index is -2.04. The molecule has 7 heterocycles. The maximum Gasteiger partial charge on any atom is 0.187 e. The van der Waals surface area contributed by atoms with Gasteiger partial charge in [-0.1, -0.05) is 39.3 Å².